The van der Waals surface area contributed by atoms with Crippen molar-refractivity contribution in [1.29, 1.82) is 0 Å². The summed E-state index contributed by atoms with van der Waals surface area (Å²) in [6, 6.07) is 2.11. The Hall–Kier alpha value is -1.71. The van der Waals surface area contributed by atoms with Crippen LogP contribution in [0.25, 0.3) is 0 Å². The Morgan fingerprint density at radius 1 is 1.10 bits per heavy atom. The van der Waals surface area contributed by atoms with Crippen molar-refractivity contribution in [2.75, 3.05) is 67.7 Å². The number of ether oxygens (including phenoxy) is 2. The van der Waals surface area contributed by atoms with E-state index >= 15 is 0 Å². The molecule has 2 N–H and O–H groups in total. The van der Waals surface area contributed by atoms with Crippen LogP contribution in [-0.2, 0) is 9.47 Å². The number of hydrogen-bond donors (Lipinski definition) is 2. The van der Waals surface area contributed by atoms with Crippen LogP contribution in [0.3, 0.4) is 0 Å². The summed E-state index contributed by atoms with van der Waals surface area (Å²) in [5, 5.41) is 6.98. The van der Waals surface area contributed by atoms with Gasteiger partial charge < -0.3 is 29.9 Å². The van der Waals surface area contributed by atoms with Gasteiger partial charge in [0.05, 0.1) is 19.3 Å². The molecule has 8 nitrogen and oxygen atoms in total. The van der Waals surface area contributed by atoms with Gasteiger partial charge in [0.15, 0.2) is 5.11 Å². The number of piperidine rings is 1. The van der Waals surface area contributed by atoms with Gasteiger partial charge in [0.2, 0.25) is 5.95 Å². The van der Waals surface area contributed by atoms with Gasteiger partial charge in [-0.2, -0.15) is 9.97 Å². The SMILES string of the molecule is C[C@H]1CCCN(c2cc(N3CCOCC3)nc(NC(=S)NC[C@@H]3CCCO3)n2)C1. The minimum absolute atomic E-state index is 0.237. The number of morpholine rings is 1. The fourth-order valence-corrected chi connectivity index (χ4v) is 4.32. The van der Waals surface area contributed by atoms with Crippen molar-refractivity contribution in [3.8, 4) is 0 Å². The first-order chi connectivity index (χ1) is 14.2. The average molecular weight is 421 g/mol. The second kappa shape index (κ2) is 9.86. The van der Waals surface area contributed by atoms with Gasteiger partial charge in [-0.3, -0.25) is 0 Å². The molecule has 3 saturated heterocycles. The second-order valence-electron chi connectivity index (χ2n) is 8.17. The number of rotatable bonds is 5. The zero-order chi connectivity index (χ0) is 20.1. The summed E-state index contributed by atoms with van der Waals surface area (Å²) in [4.78, 5) is 14.2. The van der Waals surface area contributed by atoms with Crippen molar-refractivity contribution in [3.63, 3.8) is 0 Å². The summed E-state index contributed by atoms with van der Waals surface area (Å²) < 4.78 is 11.2. The zero-order valence-electron chi connectivity index (χ0n) is 17.2. The van der Waals surface area contributed by atoms with Gasteiger partial charge in [-0.05, 0) is 43.8 Å². The first-order valence-corrected chi connectivity index (χ1v) is 11.2. The molecule has 3 aliphatic heterocycles. The summed E-state index contributed by atoms with van der Waals surface area (Å²) >= 11 is 5.48. The van der Waals surface area contributed by atoms with Crippen LogP contribution in [0, 0.1) is 5.92 Å². The number of thiocarbonyl (C=S) groups is 1. The molecular weight excluding hydrogens is 388 g/mol. The Labute approximate surface area is 178 Å². The lowest BCUT2D eigenvalue weighted by Gasteiger charge is -2.33. The number of nitrogens with zero attached hydrogens (tertiary/aromatic N) is 4. The van der Waals surface area contributed by atoms with Crippen molar-refractivity contribution in [2.45, 2.75) is 38.7 Å². The minimum Gasteiger partial charge on any atom is -0.378 e. The maximum atomic E-state index is 5.65. The molecule has 0 radical (unpaired) electrons. The van der Waals surface area contributed by atoms with Crippen LogP contribution in [0.5, 0.6) is 0 Å². The van der Waals surface area contributed by atoms with Gasteiger partial charge in [0.1, 0.15) is 11.6 Å². The molecule has 1 aromatic rings. The fraction of sp³-hybridized carbons (Fsp3) is 0.750. The fourth-order valence-electron chi connectivity index (χ4n) is 4.15. The highest BCUT2D eigenvalue weighted by atomic mass is 32.1. The van der Waals surface area contributed by atoms with Crippen molar-refractivity contribution >= 4 is 34.9 Å². The summed E-state index contributed by atoms with van der Waals surface area (Å²) in [5.74, 6) is 3.13. The molecule has 4 heterocycles. The Morgan fingerprint density at radius 2 is 1.90 bits per heavy atom. The van der Waals surface area contributed by atoms with Gasteiger partial charge in [0, 0.05) is 45.4 Å². The summed E-state index contributed by atoms with van der Waals surface area (Å²) in [7, 11) is 0. The molecule has 9 heteroatoms. The van der Waals surface area contributed by atoms with Crippen LogP contribution < -0.4 is 20.4 Å². The Morgan fingerprint density at radius 3 is 2.62 bits per heavy atom. The summed E-state index contributed by atoms with van der Waals surface area (Å²) in [6.45, 7) is 9.06. The van der Waals surface area contributed by atoms with Crippen LogP contribution in [0.15, 0.2) is 6.07 Å². The molecule has 0 aliphatic carbocycles. The topological polar surface area (TPSA) is 74.8 Å². The van der Waals surface area contributed by atoms with Crippen molar-refractivity contribution in [2.24, 2.45) is 5.92 Å². The normalized spacial score (nSPS) is 25.1. The number of aromatic nitrogens is 2. The minimum atomic E-state index is 0.237. The molecule has 160 valence electrons. The lowest BCUT2D eigenvalue weighted by molar-refractivity contribution is 0.114. The van der Waals surface area contributed by atoms with E-state index in [1.165, 1.54) is 12.8 Å². The van der Waals surface area contributed by atoms with Crippen molar-refractivity contribution in [1.82, 2.24) is 15.3 Å². The van der Waals surface area contributed by atoms with Crippen LogP contribution >= 0.6 is 12.2 Å². The smallest absolute Gasteiger partial charge is 0.232 e. The van der Waals surface area contributed by atoms with Gasteiger partial charge in [-0.15, -0.1) is 0 Å². The van der Waals surface area contributed by atoms with E-state index in [2.05, 4.69) is 33.4 Å². The molecule has 3 aliphatic rings. The van der Waals surface area contributed by atoms with E-state index in [1.807, 2.05) is 0 Å². The molecule has 0 saturated carbocycles. The third kappa shape index (κ3) is 5.67. The molecular formula is C20H32N6O2S. The van der Waals surface area contributed by atoms with Crippen molar-refractivity contribution in [3.05, 3.63) is 6.07 Å². The highest BCUT2D eigenvalue weighted by Crippen LogP contribution is 2.26. The molecule has 3 fully saturated rings. The molecule has 0 amide bonds. The summed E-state index contributed by atoms with van der Waals surface area (Å²) in [6.07, 6.45) is 4.91. The van der Waals surface area contributed by atoms with Gasteiger partial charge in [-0.25, -0.2) is 0 Å². The van der Waals surface area contributed by atoms with Crippen molar-refractivity contribution < 1.29 is 9.47 Å². The second-order valence-corrected chi connectivity index (χ2v) is 8.58. The largest absolute Gasteiger partial charge is 0.378 e. The predicted octanol–water partition coefficient (Wildman–Crippen LogP) is 2.01. The molecule has 29 heavy (non-hydrogen) atoms. The molecule has 0 bridgehead atoms. The number of hydrogen-bond acceptors (Lipinski definition) is 7. The molecule has 2 atom stereocenters. The predicted molar refractivity (Wildman–Crippen MR) is 119 cm³/mol. The first-order valence-electron chi connectivity index (χ1n) is 10.8. The van der Waals surface area contributed by atoms with E-state index in [0.29, 0.717) is 23.5 Å². The highest BCUT2D eigenvalue weighted by molar-refractivity contribution is 7.80. The number of nitrogens with one attached hydrogen (secondary N) is 2. The van der Waals surface area contributed by atoms with Crippen LogP contribution in [0.4, 0.5) is 17.6 Å². The first kappa shape index (κ1) is 20.6. The molecule has 1 aromatic heterocycles. The Bertz CT molecular complexity index is 694. The maximum Gasteiger partial charge on any atom is 0.232 e. The summed E-state index contributed by atoms with van der Waals surface area (Å²) in [5.41, 5.74) is 0. The Balaban J connectivity index is 1.48. The van der Waals surface area contributed by atoms with E-state index in [4.69, 9.17) is 31.7 Å². The van der Waals surface area contributed by atoms with Gasteiger partial charge in [0.25, 0.3) is 0 Å². The average Bonchev–Trinajstić information content (AvgIpc) is 3.26. The monoisotopic (exact) mass is 420 g/mol. The van der Waals surface area contributed by atoms with E-state index in [0.717, 1.165) is 70.5 Å². The molecule has 4 rings (SSSR count). The van der Waals surface area contributed by atoms with E-state index in [-0.39, 0.29) is 6.10 Å². The maximum absolute atomic E-state index is 5.65. The van der Waals surface area contributed by atoms with Gasteiger partial charge in [-0.1, -0.05) is 6.92 Å². The lowest BCUT2D eigenvalue weighted by Crippen LogP contribution is -2.39. The third-order valence-electron chi connectivity index (χ3n) is 5.75. The van der Waals surface area contributed by atoms with E-state index in [9.17, 15) is 0 Å². The number of anilines is 3. The highest BCUT2D eigenvalue weighted by Gasteiger charge is 2.22. The van der Waals surface area contributed by atoms with Gasteiger partial charge >= 0.3 is 0 Å². The molecule has 0 aromatic carbocycles. The quantitative estimate of drug-likeness (QED) is 0.696. The van der Waals surface area contributed by atoms with E-state index < -0.39 is 0 Å². The Kier molecular flexibility index (Phi) is 6.99. The molecule has 0 unspecified atom stereocenters. The van der Waals surface area contributed by atoms with Crippen LogP contribution in [0.1, 0.15) is 32.6 Å². The van der Waals surface area contributed by atoms with Crippen LogP contribution in [0.2, 0.25) is 0 Å². The van der Waals surface area contributed by atoms with E-state index in [1.54, 1.807) is 0 Å². The molecule has 0 spiro atoms. The lowest BCUT2D eigenvalue weighted by atomic mass is 10.0. The third-order valence-corrected chi connectivity index (χ3v) is 6.00. The van der Waals surface area contributed by atoms with Crippen LogP contribution in [-0.4, -0.2) is 73.7 Å². The zero-order valence-corrected chi connectivity index (χ0v) is 18.0. The standard InChI is InChI=1S/C20H32N6O2S/c1-15-4-2-6-26(14-15)18-12-17(25-7-10-27-11-8-25)22-19(23-18)24-20(29)21-13-16-5-3-9-28-16/h12,15-16H,2-11,13-14H2,1H3,(H2,21,22,23,24,29)/t15-,16-/m0/s1.